The summed E-state index contributed by atoms with van der Waals surface area (Å²) >= 11 is 0. The summed E-state index contributed by atoms with van der Waals surface area (Å²) in [6.07, 6.45) is 6.69. The van der Waals surface area contributed by atoms with Crippen LogP contribution < -0.4 is 5.32 Å². The van der Waals surface area contributed by atoms with Crippen molar-refractivity contribution in [2.45, 2.75) is 32.0 Å². The van der Waals surface area contributed by atoms with E-state index in [1.54, 1.807) is 6.20 Å². The van der Waals surface area contributed by atoms with E-state index in [0.717, 1.165) is 31.2 Å². The lowest BCUT2D eigenvalue weighted by atomic mass is 10.1. The zero-order valence-electron chi connectivity index (χ0n) is 11.2. The van der Waals surface area contributed by atoms with Crippen molar-refractivity contribution in [2.75, 3.05) is 11.9 Å². The fourth-order valence-electron chi connectivity index (χ4n) is 2.39. The van der Waals surface area contributed by atoms with Gasteiger partial charge in [-0.25, -0.2) is 19.3 Å². The van der Waals surface area contributed by atoms with Crippen molar-refractivity contribution in [3.63, 3.8) is 0 Å². The Morgan fingerprint density at radius 2 is 2.20 bits per heavy atom. The monoisotopic (exact) mass is 277 g/mol. The molecule has 0 bridgehead atoms. The van der Waals surface area contributed by atoms with Crippen molar-refractivity contribution >= 4 is 5.95 Å². The fourth-order valence-corrected chi connectivity index (χ4v) is 2.39. The SMILES string of the molecule is CCn1ccnc1[C@H]1OCC[C@@H]1Nc1ncc(F)cn1. The predicted octanol–water partition coefficient (Wildman–Crippen LogP) is 1.77. The van der Waals surface area contributed by atoms with Gasteiger partial charge in [-0.3, -0.25) is 0 Å². The minimum Gasteiger partial charge on any atom is -0.368 e. The maximum atomic E-state index is 12.8. The summed E-state index contributed by atoms with van der Waals surface area (Å²) in [5, 5.41) is 3.19. The quantitative estimate of drug-likeness (QED) is 0.922. The van der Waals surface area contributed by atoms with Gasteiger partial charge in [0, 0.05) is 25.5 Å². The number of nitrogens with one attached hydrogen (secondary N) is 1. The van der Waals surface area contributed by atoms with Crippen molar-refractivity contribution in [2.24, 2.45) is 0 Å². The first-order valence-electron chi connectivity index (χ1n) is 6.64. The molecule has 20 heavy (non-hydrogen) atoms. The van der Waals surface area contributed by atoms with E-state index in [1.165, 1.54) is 0 Å². The molecule has 0 spiro atoms. The number of imidazole rings is 1. The number of aryl methyl sites for hydroxylation is 1. The number of nitrogens with zero attached hydrogens (tertiary/aromatic N) is 4. The highest BCUT2D eigenvalue weighted by molar-refractivity contribution is 5.27. The van der Waals surface area contributed by atoms with Crippen molar-refractivity contribution in [1.29, 1.82) is 0 Å². The maximum absolute atomic E-state index is 12.8. The Labute approximate surface area is 116 Å². The summed E-state index contributed by atoms with van der Waals surface area (Å²) in [4.78, 5) is 12.2. The number of hydrogen-bond acceptors (Lipinski definition) is 5. The molecule has 7 heteroatoms. The van der Waals surface area contributed by atoms with E-state index in [1.807, 2.05) is 6.20 Å². The Hall–Kier alpha value is -2.02. The third-order valence-electron chi connectivity index (χ3n) is 3.37. The Kier molecular flexibility index (Phi) is 3.60. The first-order chi connectivity index (χ1) is 9.78. The van der Waals surface area contributed by atoms with E-state index >= 15 is 0 Å². The van der Waals surface area contributed by atoms with Gasteiger partial charge in [-0.2, -0.15) is 0 Å². The molecule has 1 fully saturated rings. The molecular formula is C13H16FN5O. The molecule has 6 nitrogen and oxygen atoms in total. The summed E-state index contributed by atoms with van der Waals surface area (Å²) in [6, 6.07) is 0.0353. The lowest BCUT2D eigenvalue weighted by Crippen LogP contribution is -2.26. The number of hydrogen-bond donors (Lipinski definition) is 1. The molecule has 0 radical (unpaired) electrons. The number of anilines is 1. The minimum absolute atomic E-state index is 0.0353. The highest BCUT2D eigenvalue weighted by atomic mass is 19.1. The topological polar surface area (TPSA) is 64.9 Å². The lowest BCUT2D eigenvalue weighted by molar-refractivity contribution is 0.0975. The minimum atomic E-state index is -0.448. The van der Waals surface area contributed by atoms with Gasteiger partial charge in [0.25, 0.3) is 0 Å². The molecule has 0 aromatic carbocycles. The van der Waals surface area contributed by atoms with Gasteiger partial charge >= 0.3 is 0 Å². The molecule has 2 aromatic rings. The van der Waals surface area contributed by atoms with Crippen molar-refractivity contribution in [3.8, 4) is 0 Å². The fraction of sp³-hybridized carbons (Fsp3) is 0.462. The Bertz CT molecular complexity index is 570. The summed E-state index contributed by atoms with van der Waals surface area (Å²) < 4.78 is 20.6. The zero-order chi connectivity index (χ0) is 13.9. The van der Waals surface area contributed by atoms with Gasteiger partial charge in [0.2, 0.25) is 5.95 Å². The van der Waals surface area contributed by atoms with Gasteiger partial charge in [0.1, 0.15) is 11.9 Å². The Morgan fingerprint density at radius 1 is 1.40 bits per heavy atom. The van der Waals surface area contributed by atoms with Crippen LogP contribution >= 0.6 is 0 Å². The van der Waals surface area contributed by atoms with Crippen molar-refractivity contribution in [3.05, 3.63) is 36.4 Å². The molecular weight excluding hydrogens is 261 g/mol. The standard InChI is InChI=1S/C13H16FN5O/c1-2-19-5-4-15-12(19)11-10(3-6-20-11)18-13-16-7-9(14)8-17-13/h4-5,7-8,10-11H,2-3,6H2,1H3,(H,16,17,18)/t10-,11-/m0/s1. The van der Waals surface area contributed by atoms with Crippen LogP contribution in [0.2, 0.25) is 0 Å². The average Bonchev–Trinajstić information content (AvgIpc) is 3.09. The second kappa shape index (κ2) is 5.54. The van der Waals surface area contributed by atoms with Crippen LogP contribution in [0.25, 0.3) is 0 Å². The molecule has 1 N–H and O–H groups in total. The summed E-state index contributed by atoms with van der Waals surface area (Å²) in [6.45, 7) is 3.56. The normalized spacial score (nSPS) is 22.1. The van der Waals surface area contributed by atoms with Gasteiger partial charge < -0.3 is 14.6 Å². The van der Waals surface area contributed by atoms with E-state index in [-0.39, 0.29) is 12.1 Å². The first kappa shape index (κ1) is 13.0. The molecule has 2 aromatic heterocycles. The van der Waals surface area contributed by atoms with Crippen LogP contribution in [0.5, 0.6) is 0 Å². The molecule has 0 amide bonds. The van der Waals surface area contributed by atoms with Crippen molar-refractivity contribution in [1.82, 2.24) is 19.5 Å². The number of rotatable bonds is 4. The summed E-state index contributed by atoms with van der Waals surface area (Å²) in [7, 11) is 0. The largest absolute Gasteiger partial charge is 0.368 e. The van der Waals surface area contributed by atoms with Gasteiger partial charge in [0.15, 0.2) is 5.82 Å². The van der Waals surface area contributed by atoms with Gasteiger partial charge in [-0.05, 0) is 13.3 Å². The molecule has 3 heterocycles. The third kappa shape index (κ3) is 2.49. The molecule has 1 aliphatic heterocycles. The molecule has 106 valence electrons. The Balaban J connectivity index is 1.77. The van der Waals surface area contributed by atoms with E-state index in [9.17, 15) is 4.39 Å². The van der Waals surface area contributed by atoms with Crippen molar-refractivity contribution < 1.29 is 9.13 Å². The average molecular weight is 277 g/mol. The molecule has 1 saturated heterocycles. The second-order valence-corrected chi connectivity index (χ2v) is 4.63. The van der Waals surface area contributed by atoms with Gasteiger partial charge in [0.05, 0.1) is 18.4 Å². The highest BCUT2D eigenvalue weighted by Gasteiger charge is 2.33. The smallest absolute Gasteiger partial charge is 0.223 e. The maximum Gasteiger partial charge on any atom is 0.223 e. The molecule has 2 atom stereocenters. The van der Waals surface area contributed by atoms with Crippen LogP contribution in [0.1, 0.15) is 25.3 Å². The third-order valence-corrected chi connectivity index (χ3v) is 3.37. The number of halogens is 1. The molecule has 1 aliphatic rings. The lowest BCUT2D eigenvalue weighted by Gasteiger charge is -2.20. The molecule has 0 saturated carbocycles. The number of aromatic nitrogens is 4. The van der Waals surface area contributed by atoms with Crippen LogP contribution in [0.4, 0.5) is 10.3 Å². The van der Waals surface area contributed by atoms with Gasteiger partial charge in [-0.15, -0.1) is 0 Å². The van der Waals surface area contributed by atoms with E-state index < -0.39 is 5.82 Å². The summed E-state index contributed by atoms with van der Waals surface area (Å²) in [5.74, 6) is 0.849. The first-order valence-corrected chi connectivity index (χ1v) is 6.64. The number of ether oxygens (including phenoxy) is 1. The van der Waals surface area contributed by atoms with E-state index in [0.29, 0.717) is 12.6 Å². The highest BCUT2D eigenvalue weighted by Crippen LogP contribution is 2.29. The Morgan fingerprint density at radius 3 is 2.95 bits per heavy atom. The van der Waals surface area contributed by atoms with Crippen LogP contribution in [0.3, 0.4) is 0 Å². The summed E-state index contributed by atoms with van der Waals surface area (Å²) in [5.41, 5.74) is 0. The molecule has 3 rings (SSSR count). The van der Waals surface area contributed by atoms with Crippen LogP contribution in [0, 0.1) is 5.82 Å². The molecule has 0 unspecified atom stereocenters. The second-order valence-electron chi connectivity index (χ2n) is 4.63. The zero-order valence-corrected chi connectivity index (χ0v) is 11.2. The van der Waals surface area contributed by atoms with Gasteiger partial charge in [-0.1, -0.05) is 0 Å². The predicted molar refractivity (Wildman–Crippen MR) is 70.6 cm³/mol. The van der Waals surface area contributed by atoms with Crippen LogP contribution in [0.15, 0.2) is 24.8 Å². The van der Waals surface area contributed by atoms with Crippen LogP contribution in [-0.2, 0) is 11.3 Å². The molecule has 0 aliphatic carbocycles. The van der Waals surface area contributed by atoms with Crippen LogP contribution in [-0.4, -0.2) is 32.2 Å². The van der Waals surface area contributed by atoms with E-state index in [4.69, 9.17) is 4.74 Å². The van der Waals surface area contributed by atoms with E-state index in [2.05, 4.69) is 31.8 Å².